The molecule has 2 heterocycles. The fraction of sp³-hybridized carbons (Fsp3) is 0.167. The Morgan fingerprint density at radius 1 is 0.958 bits per heavy atom. The van der Waals surface area contributed by atoms with Gasteiger partial charge in [-0.2, -0.15) is 13.2 Å². The van der Waals surface area contributed by atoms with Gasteiger partial charge in [-0.3, -0.25) is 0 Å². The second-order valence-electron chi connectivity index (χ2n) is 5.56. The molecule has 0 amide bonds. The summed E-state index contributed by atoms with van der Waals surface area (Å²) < 4.78 is 42.9. The van der Waals surface area contributed by atoms with Crippen LogP contribution in [0.4, 0.5) is 13.2 Å². The normalized spacial score (nSPS) is 17.0. The van der Waals surface area contributed by atoms with Crippen molar-refractivity contribution in [3.63, 3.8) is 0 Å². The molecule has 1 aromatic heterocycles. The number of aromatic nitrogens is 2. The van der Waals surface area contributed by atoms with E-state index in [2.05, 4.69) is 4.98 Å². The maximum Gasteiger partial charge on any atom is 0.433 e. The van der Waals surface area contributed by atoms with Gasteiger partial charge in [0.2, 0.25) is 0 Å². The number of fused-ring (bicyclic) bond motifs is 1. The van der Waals surface area contributed by atoms with Crippen LogP contribution in [0.1, 0.15) is 17.3 Å². The fourth-order valence-corrected chi connectivity index (χ4v) is 4.18. The Morgan fingerprint density at radius 2 is 1.58 bits per heavy atom. The van der Waals surface area contributed by atoms with Crippen molar-refractivity contribution in [1.29, 1.82) is 0 Å². The molecule has 122 valence electrons. The Kier molecular flexibility index (Phi) is 3.64. The molecular formula is C18H13F3N2S. The first-order valence-electron chi connectivity index (χ1n) is 7.48. The zero-order chi connectivity index (χ0) is 16.7. The standard InChI is InChI=1S/C18H13F3N2S/c19-18(20,21)16-15(13-9-5-2-6-10-13)22-17-23(16)14(11-24-17)12-7-3-1-4-8-12/h1-10,14H,11H2. The molecule has 0 saturated carbocycles. The van der Waals surface area contributed by atoms with Gasteiger partial charge in [-0.1, -0.05) is 72.4 Å². The molecule has 1 aliphatic rings. The number of benzene rings is 2. The second kappa shape index (κ2) is 5.70. The minimum absolute atomic E-state index is 0.00577. The number of alkyl halides is 3. The van der Waals surface area contributed by atoms with E-state index in [-0.39, 0.29) is 11.7 Å². The van der Waals surface area contributed by atoms with Crippen molar-refractivity contribution in [1.82, 2.24) is 9.55 Å². The highest BCUT2D eigenvalue weighted by atomic mass is 32.2. The van der Waals surface area contributed by atoms with E-state index in [1.54, 1.807) is 30.3 Å². The molecule has 0 radical (unpaired) electrons. The quantitative estimate of drug-likeness (QED) is 0.629. The Bertz CT molecular complexity index is 857. The topological polar surface area (TPSA) is 17.8 Å². The molecule has 2 aromatic carbocycles. The third kappa shape index (κ3) is 2.51. The zero-order valence-corrected chi connectivity index (χ0v) is 13.3. The number of imidazole rings is 1. The SMILES string of the molecule is FC(F)(F)c1c(-c2ccccc2)nc2n1C(c1ccccc1)CS2. The van der Waals surface area contributed by atoms with Crippen LogP contribution in [0.3, 0.4) is 0 Å². The van der Waals surface area contributed by atoms with E-state index < -0.39 is 11.9 Å². The number of nitrogens with zero attached hydrogens (tertiary/aromatic N) is 2. The number of hydrogen-bond acceptors (Lipinski definition) is 2. The van der Waals surface area contributed by atoms with Crippen molar-refractivity contribution in [3.8, 4) is 11.3 Å². The summed E-state index contributed by atoms with van der Waals surface area (Å²) in [5, 5.41) is 0.426. The highest BCUT2D eigenvalue weighted by Gasteiger charge is 2.44. The first kappa shape index (κ1) is 15.3. The van der Waals surface area contributed by atoms with Gasteiger partial charge in [-0.15, -0.1) is 0 Å². The first-order chi connectivity index (χ1) is 11.6. The van der Waals surface area contributed by atoms with Crippen molar-refractivity contribution in [2.75, 3.05) is 5.75 Å². The summed E-state index contributed by atoms with van der Waals surface area (Å²) in [4.78, 5) is 4.31. The summed E-state index contributed by atoms with van der Waals surface area (Å²) in [6.45, 7) is 0. The molecule has 0 spiro atoms. The van der Waals surface area contributed by atoms with Crippen molar-refractivity contribution in [2.45, 2.75) is 17.4 Å². The number of rotatable bonds is 2. The highest BCUT2D eigenvalue weighted by Crippen LogP contribution is 2.46. The predicted molar refractivity (Wildman–Crippen MR) is 88.0 cm³/mol. The monoisotopic (exact) mass is 346 g/mol. The summed E-state index contributed by atoms with van der Waals surface area (Å²) >= 11 is 1.37. The van der Waals surface area contributed by atoms with Crippen LogP contribution in [0.5, 0.6) is 0 Å². The lowest BCUT2D eigenvalue weighted by molar-refractivity contribution is -0.143. The molecule has 0 aliphatic carbocycles. The van der Waals surface area contributed by atoms with Crippen LogP contribution in [0.2, 0.25) is 0 Å². The van der Waals surface area contributed by atoms with E-state index in [0.29, 0.717) is 16.5 Å². The van der Waals surface area contributed by atoms with Crippen LogP contribution in [0, 0.1) is 0 Å². The van der Waals surface area contributed by atoms with Gasteiger partial charge in [0.1, 0.15) is 5.69 Å². The van der Waals surface area contributed by atoms with Gasteiger partial charge in [0.25, 0.3) is 0 Å². The predicted octanol–water partition coefficient (Wildman–Crippen LogP) is 5.26. The number of hydrogen-bond donors (Lipinski definition) is 0. The van der Waals surface area contributed by atoms with E-state index in [1.807, 2.05) is 30.3 Å². The van der Waals surface area contributed by atoms with Crippen LogP contribution < -0.4 is 0 Å². The summed E-state index contributed by atoms with van der Waals surface area (Å²) in [6.07, 6.45) is -4.46. The third-order valence-electron chi connectivity index (χ3n) is 4.06. The molecule has 6 heteroatoms. The minimum Gasteiger partial charge on any atom is -0.306 e. The largest absolute Gasteiger partial charge is 0.433 e. The maximum atomic E-state index is 13.8. The molecule has 24 heavy (non-hydrogen) atoms. The molecule has 1 atom stereocenters. The molecule has 0 saturated heterocycles. The molecule has 1 aliphatic heterocycles. The lowest BCUT2D eigenvalue weighted by Gasteiger charge is -2.18. The van der Waals surface area contributed by atoms with E-state index >= 15 is 0 Å². The van der Waals surface area contributed by atoms with Crippen molar-refractivity contribution in [3.05, 3.63) is 71.9 Å². The van der Waals surface area contributed by atoms with Crippen molar-refractivity contribution in [2.24, 2.45) is 0 Å². The lowest BCUT2D eigenvalue weighted by Crippen LogP contribution is -2.18. The van der Waals surface area contributed by atoms with Crippen LogP contribution in [0.15, 0.2) is 65.8 Å². The van der Waals surface area contributed by atoms with Gasteiger partial charge >= 0.3 is 6.18 Å². The molecule has 0 fully saturated rings. The molecular weight excluding hydrogens is 333 g/mol. The van der Waals surface area contributed by atoms with E-state index in [9.17, 15) is 13.2 Å². The van der Waals surface area contributed by atoms with E-state index in [4.69, 9.17) is 0 Å². The molecule has 1 unspecified atom stereocenters. The van der Waals surface area contributed by atoms with Gasteiger partial charge in [-0.25, -0.2) is 4.98 Å². The van der Waals surface area contributed by atoms with Gasteiger partial charge < -0.3 is 4.57 Å². The number of thioether (sulfide) groups is 1. The molecule has 0 N–H and O–H groups in total. The Morgan fingerprint density at radius 3 is 2.21 bits per heavy atom. The molecule has 3 aromatic rings. The summed E-state index contributed by atoms with van der Waals surface area (Å²) in [6, 6.07) is 17.5. The van der Waals surface area contributed by atoms with Crippen molar-refractivity contribution >= 4 is 11.8 Å². The molecule has 2 nitrogen and oxygen atoms in total. The molecule has 0 bridgehead atoms. The Hall–Kier alpha value is -2.21. The average molecular weight is 346 g/mol. The van der Waals surface area contributed by atoms with Crippen LogP contribution >= 0.6 is 11.8 Å². The Balaban J connectivity index is 1.92. The van der Waals surface area contributed by atoms with Crippen LogP contribution in [0.25, 0.3) is 11.3 Å². The van der Waals surface area contributed by atoms with Crippen LogP contribution in [-0.4, -0.2) is 15.3 Å². The Labute approximate surface area is 141 Å². The summed E-state index contributed by atoms with van der Waals surface area (Å²) in [5.74, 6) is 0.560. The maximum absolute atomic E-state index is 13.8. The average Bonchev–Trinajstić information content (AvgIpc) is 3.14. The first-order valence-corrected chi connectivity index (χ1v) is 8.47. The zero-order valence-electron chi connectivity index (χ0n) is 12.5. The van der Waals surface area contributed by atoms with Gasteiger partial charge in [-0.05, 0) is 5.56 Å². The summed E-state index contributed by atoms with van der Waals surface area (Å²) in [5.41, 5.74) is 0.694. The second-order valence-corrected chi connectivity index (χ2v) is 6.55. The molecule has 4 rings (SSSR count). The van der Waals surface area contributed by atoms with Gasteiger partial charge in [0.05, 0.1) is 6.04 Å². The minimum atomic E-state index is -4.46. The fourth-order valence-electron chi connectivity index (χ4n) is 3.02. The van der Waals surface area contributed by atoms with Crippen LogP contribution in [-0.2, 0) is 6.18 Å². The van der Waals surface area contributed by atoms with E-state index in [1.165, 1.54) is 16.3 Å². The summed E-state index contributed by atoms with van der Waals surface area (Å²) in [7, 11) is 0. The van der Waals surface area contributed by atoms with E-state index in [0.717, 1.165) is 5.56 Å². The lowest BCUT2D eigenvalue weighted by atomic mass is 10.1. The van der Waals surface area contributed by atoms with Gasteiger partial charge in [0, 0.05) is 11.3 Å². The van der Waals surface area contributed by atoms with Gasteiger partial charge in [0.15, 0.2) is 10.9 Å². The smallest absolute Gasteiger partial charge is 0.306 e. The highest BCUT2D eigenvalue weighted by molar-refractivity contribution is 7.99. The van der Waals surface area contributed by atoms with Crippen molar-refractivity contribution < 1.29 is 13.2 Å². The number of halogens is 3. The third-order valence-corrected chi connectivity index (χ3v) is 5.09.